The van der Waals surface area contributed by atoms with E-state index in [0.29, 0.717) is 43.0 Å². The first-order valence-electron chi connectivity index (χ1n) is 7.17. The second-order valence-corrected chi connectivity index (χ2v) is 8.03. The Morgan fingerprint density at radius 3 is 2.50 bits per heavy atom. The average molecular weight is 368 g/mol. The summed E-state index contributed by atoms with van der Waals surface area (Å²) in [7, 11) is -3.21. The quantitative estimate of drug-likeness (QED) is 0.832. The molecule has 0 atom stereocenters. The van der Waals surface area contributed by atoms with E-state index in [2.05, 4.69) is 20.3 Å². The van der Waals surface area contributed by atoms with Crippen LogP contribution in [0.3, 0.4) is 0 Å². The number of piperazine rings is 1. The minimum Gasteiger partial charge on any atom is -0.335 e. The normalized spacial score (nSPS) is 16.1. The predicted octanol–water partition coefficient (Wildman–Crippen LogP) is 0.394. The monoisotopic (exact) mass is 368 g/mol. The maximum Gasteiger partial charge on any atom is 0.273 e. The first kappa shape index (κ1) is 16.7. The van der Waals surface area contributed by atoms with E-state index in [0.717, 1.165) is 0 Å². The van der Waals surface area contributed by atoms with Crippen molar-refractivity contribution >= 4 is 38.3 Å². The summed E-state index contributed by atoms with van der Waals surface area (Å²) in [5.41, 5.74) is 0.325. The van der Waals surface area contributed by atoms with Gasteiger partial charge in [0.25, 0.3) is 5.91 Å². The van der Waals surface area contributed by atoms with Crippen LogP contribution in [0, 0.1) is 0 Å². The maximum absolute atomic E-state index is 12.5. The van der Waals surface area contributed by atoms with E-state index >= 15 is 0 Å². The smallest absolute Gasteiger partial charge is 0.273 e. The van der Waals surface area contributed by atoms with Crippen LogP contribution in [0.15, 0.2) is 23.8 Å². The summed E-state index contributed by atoms with van der Waals surface area (Å²) in [4.78, 5) is 26.4. The van der Waals surface area contributed by atoms with E-state index in [1.54, 1.807) is 28.7 Å². The Labute approximate surface area is 143 Å². The van der Waals surface area contributed by atoms with Gasteiger partial charge in [-0.1, -0.05) is 0 Å². The highest BCUT2D eigenvalue weighted by Gasteiger charge is 2.27. The van der Waals surface area contributed by atoms with Gasteiger partial charge >= 0.3 is 0 Å². The second-order valence-electron chi connectivity index (χ2n) is 5.19. The zero-order chi connectivity index (χ0) is 17.2. The van der Waals surface area contributed by atoms with E-state index in [4.69, 9.17) is 0 Å². The van der Waals surface area contributed by atoms with Crippen molar-refractivity contribution < 1.29 is 13.2 Å². The molecule has 24 heavy (non-hydrogen) atoms. The Hall–Kier alpha value is -2.11. The van der Waals surface area contributed by atoms with Gasteiger partial charge in [-0.25, -0.2) is 23.4 Å². The molecule has 1 aliphatic heterocycles. The number of anilines is 2. The van der Waals surface area contributed by atoms with Crippen molar-refractivity contribution in [1.82, 2.24) is 24.2 Å². The average Bonchev–Trinajstić information content (AvgIpc) is 3.03. The Morgan fingerprint density at radius 2 is 1.88 bits per heavy atom. The van der Waals surface area contributed by atoms with Crippen LogP contribution in [0.5, 0.6) is 0 Å². The van der Waals surface area contributed by atoms with E-state index in [9.17, 15) is 13.2 Å². The molecule has 2 aromatic heterocycles. The number of nitrogens with zero attached hydrogens (tertiary/aromatic N) is 5. The highest BCUT2D eigenvalue weighted by Crippen LogP contribution is 2.20. The zero-order valence-electron chi connectivity index (χ0n) is 12.9. The Morgan fingerprint density at radius 1 is 1.21 bits per heavy atom. The van der Waals surface area contributed by atoms with Crippen LogP contribution in [0.4, 0.5) is 11.1 Å². The zero-order valence-corrected chi connectivity index (χ0v) is 14.5. The third-order valence-corrected chi connectivity index (χ3v) is 5.56. The fraction of sp³-hybridized carbons (Fsp3) is 0.385. The van der Waals surface area contributed by atoms with Gasteiger partial charge in [0.15, 0.2) is 5.13 Å². The van der Waals surface area contributed by atoms with Crippen molar-refractivity contribution in [1.29, 1.82) is 0 Å². The van der Waals surface area contributed by atoms with Crippen molar-refractivity contribution in [2.24, 2.45) is 0 Å². The topological polar surface area (TPSA) is 108 Å². The third kappa shape index (κ3) is 3.86. The standard InChI is InChI=1S/C13H16N6O3S2/c1-24(21,22)19-7-5-18(6-8-19)11(20)10-9-23-13(16-10)17-12-14-3-2-4-15-12/h2-4,9H,5-8H2,1H3,(H,14,15,16,17). The lowest BCUT2D eigenvalue weighted by atomic mass is 10.3. The van der Waals surface area contributed by atoms with Gasteiger partial charge < -0.3 is 10.2 Å². The number of aromatic nitrogens is 3. The van der Waals surface area contributed by atoms with Gasteiger partial charge in [-0.3, -0.25) is 4.79 Å². The molecule has 3 rings (SSSR count). The molecule has 9 nitrogen and oxygen atoms in total. The molecular weight excluding hydrogens is 352 g/mol. The van der Waals surface area contributed by atoms with Crippen LogP contribution in [0.2, 0.25) is 0 Å². The van der Waals surface area contributed by atoms with Gasteiger partial charge in [0, 0.05) is 44.0 Å². The van der Waals surface area contributed by atoms with E-state index in [1.807, 2.05) is 0 Å². The van der Waals surface area contributed by atoms with Gasteiger partial charge in [0.2, 0.25) is 16.0 Å². The Balaban J connectivity index is 1.62. The molecule has 2 aromatic rings. The second kappa shape index (κ2) is 6.79. The molecule has 128 valence electrons. The minimum absolute atomic E-state index is 0.207. The van der Waals surface area contributed by atoms with Crippen LogP contribution in [0.25, 0.3) is 0 Å². The number of hydrogen-bond acceptors (Lipinski definition) is 8. The predicted molar refractivity (Wildman–Crippen MR) is 89.7 cm³/mol. The maximum atomic E-state index is 12.5. The number of carbonyl (C=O) groups excluding carboxylic acids is 1. The third-order valence-electron chi connectivity index (χ3n) is 3.50. The molecular formula is C13H16N6O3S2. The number of nitrogens with one attached hydrogen (secondary N) is 1. The highest BCUT2D eigenvalue weighted by atomic mass is 32.2. The number of rotatable bonds is 4. The lowest BCUT2D eigenvalue weighted by Gasteiger charge is -2.32. The number of sulfonamides is 1. The van der Waals surface area contributed by atoms with E-state index < -0.39 is 10.0 Å². The van der Waals surface area contributed by atoms with Gasteiger partial charge in [-0.15, -0.1) is 11.3 Å². The minimum atomic E-state index is -3.21. The molecule has 0 aliphatic carbocycles. The molecule has 3 heterocycles. The van der Waals surface area contributed by atoms with Crippen LogP contribution < -0.4 is 5.32 Å². The molecule has 0 radical (unpaired) electrons. The Bertz CT molecular complexity index is 815. The van der Waals surface area contributed by atoms with E-state index in [-0.39, 0.29) is 5.91 Å². The van der Waals surface area contributed by atoms with Crippen LogP contribution >= 0.6 is 11.3 Å². The van der Waals surface area contributed by atoms with Gasteiger partial charge in [0.05, 0.1) is 6.26 Å². The molecule has 1 saturated heterocycles. The molecule has 1 amide bonds. The molecule has 0 spiro atoms. The summed E-state index contributed by atoms with van der Waals surface area (Å²) >= 11 is 1.29. The first-order valence-corrected chi connectivity index (χ1v) is 9.90. The van der Waals surface area contributed by atoms with Crippen molar-refractivity contribution in [3.63, 3.8) is 0 Å². The van der Waals surface area contributed by atoms with Gasteiger partial charge in [0.1, 0.15) is 5.69 Å². The van der Waals surface area contributed by atoms with Crippen LogP contribution in [0.1, 0.15) is 10.5 Å². The SMILES string of the molecule is CS(=O)(=O)N1CCN(C(=O)c2csc(Nc3ncccn3)n2)CC1. The lowest BCUT2D eigenvalue weighted by Crippen LogP contribution is -2.50. The Kier molecular flexibility index (Phi) is 4.73. The number of amides is 1. The largest absolute Gasteiger partial charge is 0.335 e. The van der Waals surface area contributed by atoms with Crippen LogP contribution in [-0.2, 0) is 10.0 Å². The number of carbonyl (C=O) groups is 1. The molecule has 0 saturated carbocycles. The van der Waals surface area contributed by atoms with E-state index in [1.165, 1.54) is 21.9 Å². The van der Waals surface area contributed by atoms with Gasteiger partial charge in [-0.2, -0.15) is 4.31 Å². The molecule has 0 bridgehead atoms. The molecule has 1 N–H and O–H groups in total. The molecule has 0 unspecified atom stereocenters. The van der Waals surface area contributed by atoms with Crippen molar-refractivity contribution in [2.75, 3.05) is 37.8 Å². The summed E-state index contributed by atoms with van der Waals surface area (Å²) in [6, 6.07) is 1.71. The summed E-state index contributed by atoms with van der Waals surface area (Å²) in [6.45, 7) is 1.32. The summed E-state index contributed by atoms with van der Waals surface area (Å²) in [5, 5.41) is 5.13. The number of thiazole rings is 1. The summed E-state index contributed by atoms with van der Waals surface area (Å²) in [6.07, 6.45) is 4.39. The van der Waals surface area contributed by atoms with Crippen molar-refractivity contribution in [3.8, 4) is 0 Å². The fourth-order valence-electron chi connectivity index (χ4n) is 2.27. The number of hydrogen-bond donors (Lipinski definition) is 1. The van der Waals surface area contributed by atoms with Crippen LogP contribution in [-0.4, -0.2) is 70.9 Å². The molecule has 1 fully saturated rings. The first-order chi connectivity index (χ1) is 11.4. The summed E-state index contributed by atoms with van der Waals surface area (Å²) < 4.78 is 24.4. The summed E-state index contributed by atoms with van der Waals surface area (Å²) in [5.74, 6) is 0.203. The molecule has 11 heteroatoms. The molecule has 0 aromatic carbocycles. The fourth-order valence-corrected chi connectivity index (χ4v) is 3.78. The van der Waals surface area contributed by atoms with Crippen molar-refractivity contribution in [2.45, 2.75) is 0 Å². The van der Waals surface area contributed by atoms with Crippen molar-refractivity contribution in [3.05, 3.63) is 29.5 Å². The lowest BCUT2D eigenvalue weighted by molar-refractivity contribution is 0.0693. The van der Waals surface area contributed by atoms with Gasteiger partial charge in [-0.05, 0) is 6.07 Å². The molecule has 1 aliphatic rings. The highest BCUT2D eigenvalue weighted by molar-refractivity contribution is 7.88.